The van der Waals surface area contributed by atoms with Crippen LogP contribution in [-0.2, 0) is 9.63 Å². The van der Waals surface area contributed by atoms with E-state index in [1.807, 2.05) is 25.1 Å². The first-order valence-corrected chi connectivity index (χ1v) is 10.5. The molecule has 168 valence electrons. The Balaban J connectivity index is 1.91. The third-order valence-corrected chi connectivity index (χ3v) is 4.74. The molecule has 2 amide bonds. The highest BCUT2D eigenvalue weighted by Gasteiger charge is 2.14. The van der Waals surface area contributed by atoms with Gasteiger partial charge in [0.25, 0.3) is 11.8 Å². The fourth-order valence-corrected chi connectivity index (χ4v) is 3.00. The van der Waals surface area contributed by atoms with Crippen LogP contribution >= 0.6 is 0 Å². The molecule has 0 heterocycles. The molecular formula is C24H32N2O5. The predicted octanol–water partition coefficient (Wildman–Crippen LogP) is 4.61. The summed E-state index contributed by atoms with van der Waals surface area (Å²) in [5.74, 6) is 0.465. The molecule has 0 atom stereocenters. The first-order valence-electron chi connectivity index (χ1n) is 10.5. The van der Waals surface area contributed by atoms with Gasteiger partial charge in [-0.05, 0) is 48.6 Å². The quantitative estimate of drug-likeness (QED) is 0.403. The van der Waals surface area contributed by atoms with Gasteiger partial charge in [-0.3, -0.25) is 14.4 Å². The smallest absolute Gasteiger partial charge is 0.274 e. The van der Waals surface area contributed by atoms with Crippen LogP contribution in [0.15, 0.2) is 36.4 Å². The largest absolute Gasteiger partial charge is 0.493 e. The lowest BCUT2D eigenvalue weighted by Gasteiger charge is -2.16. The molecule has 7 nitrogen and oxygen atoms in total. The summed E-state index contributed by atoms with van der Waals surface area (Å²) < 4.78 is 11.0. The molecule has 0 fully saturated rings. The summed E-state index contributed by atoms with van der Waals surface area (Å²) in [6.45, 7) is 8.42. The Bertz CT molecular complexity index is 896. The minimum atomic E-state index is -0.482. The molecule has 2 aromatic rings. The molecular weight excluding hydrogens is 396 g/mol. The first-order chi connectivity index (χ1) is 14.9. The summed E-state index contributed by atoms with van der Waals surface area (Å²) in [7, 11) is 1.52. The molecule has 7 heteroatoms. The summed E-state index contributed by atoms with van der Waals surface area (Å²) >= 11 is 0. The molecule has 0 aromatic heterocycles. The van der Waals surface area contributed by atoms with E-state index in [4.69, 9.17) is 14.3 Å². The molecule has 0 aliphatic carbocycles. The van der Waals surface area contributed by atoms with Crippen molar-refractivity contribution in [3.8, 4) is 11.5 Å². The maximum Gasteiger partial charge on any atom is 0.274 e. The monoisotopic (exact) mass is 428 g/mol. The number of nitrogens with one attached hydrogen (secondary N) is 2. The SMILES string of the molecule is CCCCOc1ccc(C(=O)NOCC(=O)Nc2c(C)cccc2C(C)C)cc1OC. The van der Waals surface area contributed by atoms with E-state index < -0.39 is 5.91 Å². The van der Waals surface area contributed by atoms with Crippen molar-refractivity contribution in [1.29, 1.82) is 0 Å². The first kappa shape index (κ1) is 24.2. The predicted molar refractivity (Wildman–Crippen MR) is 121 cm³/mol. The average molecular weight is 429 g/mol. The van der Waals surface area contributed by atoms with Crippen LogP contribution in [0.25, 0.3) is 0 Å². The van der Waals surface area contributed by atoms with Crippen LogP contribution in [0.5, 0.6) is 11.5 Å². The third kappa shape index (κ3) is 7.00. The number of hydrogen-bond acceptors (Lipinski definition) is 5. The fraction of sp³-hybridized carbons (Fsp3) is 0.417. The lowest BCUT2D eigenvalue weighted by Crippen LogP contribution is -2.29. The van der Waals surface area contributed by atoms with E-state index >= 15 is 0 Å². The maximum atomic E-state index is 12.4. The zero-order chi connectivity index (χ0) is 22.8. The Kier molecular flexibility index (Phi) is 9.34. The molecule has 0 saturated heterocycles. The number of carbonyl (C=O) groups excluding carboxylic acids is 2. The molecule has 2 N–H and O–H groups in total. The number of benzene rings is 2. The number of para-hydroxylation sites is 1. The van der Waals surface area contributed by atoms with Crippen molar-refractivity contribution in [2.75, 3.05) is 25.6 Å². The molecule has 2 aromatic carbocycles. The number of aryl methyl sites for hydroxylation is 1. The highest BCUT2D eigenvalue weighted by molar-refractivity contribution is 5.95. The van der Waals surface area contributed by atoms with Crippen molar-refractivity contribution >= 4 is 17.5 Å². The van der Waals surface area contributed by atoms with Gasteiger partial charge in [-0.15, -0.1) is 0 Å². The number of hydroxylamine groups is 1. The molecule has 0 radical (unpaired) electrons. The van der Waals surface area contributed by atoms with Gasteiger partial charge < -0.3 is 14.8 Å². The standard InChI is InChI=1S/C24H32N2O5/c1-6-7-13-30-20-12-11-18(14-21(20)29-5)24(28)26-31-15-22(27)25-23-17(4)9-8-10-19(23)16(2)3/h8-12,14,16H,6-7,13,15H2,1-5H3,(H,25,27)(H,26,28). The summed E-state index contributed by atoms with van der Waals surface area (Å²) in [6, 6.07) is 10.8. The van der Waals surface area contributed by atoms with Crippen LogP contribution in [0.3, 0.4) is 0 Å². The lowest BCUT2D eigenvalue weighted by molar-refractivity contribution is -0.122. The van der Waals surface area contributed by atoms with E-state index in [0.29, 0.717) is 23.7 Å². The van der Waals surface area contributed by atoms with Crippen LogP contribution in [0, 0.1) is 6.92 Å². The number of hydrogen-bond donors (Lipinski definition) is 2. The molecule has 0 bridgehead atoms. The number of methoxy groups -OCH3 is 1. The van der Waals surface area contributed by atoms with Crippen molar-refractivity contribution in [2.45, 2.75) is 46.5 Å². The number of anilines is 1. The fourth-order valence-electron chi connectivity index (χ4n) is 3.00. The lowest BCUT2D eigenvalue weighted by atomic mass is 9.98. The maximum absolute atomic E-state index is 12.4. The van der Waals surface area contributed by atoms with Gasteiger partial charge in [0.05, 0.1) is 13.7 Å². The van der Waals surface area contributed by atoms with Gasteiger partial charge in [-0.2, -0.15) is 0 Å². The van der Waals surface area contributed by atoms with E-state index in [-0.39, 0.29) is 18.4 Å². The van der Waals surface area contributed by atoms with Gasteiger partial charge in [-0.1, -0.05) is 45.4 Å². The zero-order valence-corrected chi connectivity index (χ0v) is 18.9. The topological polar surface area (TPSA) is 85.9 Å². The number of amides is 2. The summed E-state index contributed by atoms with van der Waals surface area (Å²) in [6.07, 6.45) is 1.96. The van der Waals surface area contributed by atoms with Gasteiger partial charge >= 0.3 is 0 Å². The van der Waals surface area contributed by atoms with Crippen molar-refractivity contribution < 1.29 is 23.9 Å². The van der Waals surface area contributed by atoms with E-state index in [0.717, 1.165) is 29.7 Å². The summed E-state index contributed by atoms with van der Waals surface area (Å²) in [4.78, 5) is 29.8. The molecule has 0 unspecified atom stereocenters. The van der Waals surface area contributed by atoms with Gasteiger partial charge in [0.15, 0.2) is 18.1 Å². The highest BCUT2D eigenvalue weighted by Crippen LogP contribution is 2.29. The van der Waals surface area contributed by atoms with Crippen molar-refractivity contribution in [1.82, 2.24) is 5.48 Å². The molecule has 0 spiro atoms. The number of ether oxygens (including phenoxy) is 2. The van der Waals surface area contributed by atoms with Crippen LogP contribution < -0.4 is 20.3 Å². The van der Waals surface area contributed by atoms with Crippen molar-refractivity contribution in [3.63, 3.8) is 0 Å². The van der Waals surface area contributed by atoms with E-state index in [2.05, 4.69) is 31.6 Å². The number of unbranched alkanes of at least 4 members (excludes halogenated alkanes) is 1. The van der Waals surface area contributed by atoms with E-state index in [1.165, 1.54) is 7.11 Å². The number of rotatable bonds is 11. The second kappa shape index (κ2) is 12.0. The minimum absolute atomic E-state index is 0.264. The Labute approximate surface area is 184 Å². The molecule has 0 aliphatic heterocycles. The number of carbonyl (C=O) groups is 2. The van der Waals surface area contributed by atoms with Crippen LogP contribution in [0.1, 0.15) is 61.0 Å². The molecule has 2 rings (SSSR count). The van der Waals surface area contributed by atoms with Crippen LogP contribution in [-0.4, -0.2) is 32.1 Å². The van der Waals surface area contributed by atoms with Gasteiger partial charge in [0.1, 0.15) is 0 Å². The second-order valence-corrected chi connectivity index (χ2v) is 7.53. The molecule has 0 aliphatic rings. The highest BCUT2D eigenvalue weighted by atomic mass is 16.7. The second-order valence-electron chi connectivity index (χ2n) is 7.53. The van der Waals surface area contributed by atoms with Gasteiger partial charge in [0.2, 0.25) is 0 Å². The van der Waals surface area contributed by atoms with Gasteiger partial charge in [0, 0.05) is 11.3 Å². The Morgan fingerprint density at radius 1 is 1.10 bits per heavy atom. The molecule has 0 saturated carbocycles. The van der Waals surface area contributed by atoms with Gasteiger partial charge in [-0.25, -0.2) is 5.48 Å². The van der Waals surface area contributed by atoms with E-state index in [1.54, 1.807) is 18.2 Å². The summed E-state index contributed by atoms with van der Waals surface area (Å²) in [5, 5.41) is 2.87. The Morgan fingerprint density at radius 3 is 2.55 bits per heavy atom. The van der Waals surface area contributed by atoms with Crippen molar-refractivity contribution in [2.24, 2.45) is 0 Å². The van der Waals surface area contributed by atoms with Crippen LogP contribution in [0.4, 0.5) is 5.69 Å². The average Bonchev–Trinajstić information content (AvgIpc) is 2.75. The Morgan fingerprint density at radius 2 is 1.87 bits per heavy atom. The third-order valence-electron chi connectivity index (χ3n) is 4.74. The molecule has 31 heavy (non-hydrogen) atoms. The zero-order valence-electron chi connectivity index (χ0n) is 18.9. The summed E-state index contributed by atoms with van der Waals surface area (Å²) in [5.41, 5.74) is 5.42. The van der Waals surface area contributed by atoms with E-state index in [9.17, 15) is 9.59 Å². The van der Waals surface area contributed by atoms with Crippen molar-refractivity contribution in [3.05, 3.63) is 53.1 Å². The Hall–Kier alpha value is -3.06. The van der Waals surface area contributed by atoms with Crippen LogP contribution in [0.2, 0.25) is 0 Å². The minimum Gasteiger partial charge on any atom is -0.493 e. The normalized spacial score (nSPS) is 10.6.